The van der Waals surface area contributed by atoms with Gasteiger partial charge in [0.1, 0.15) is 12.3 Å². The zero-order valence-electron chi connectivity index (χ0n) is 10.0. The molecule has 0 saturated carbocycles. The third kappa shape index (κ3) is 1.56. The minimum absolute atomic E-state index is 0.316. The third-order valence-electron chi connectivity index (χ3n) is 3.68. The third-order valence-corrected chi connectivity index (χ3v) is 3.68. The standard InChI is InChI=1S/C15H15N3/c1-3-7-12(8-4-1)14-16-15(18-11-17(14)18)13-9-5-2-6-10-13/h1-10,14-16H,11H2. The maximum atomic E-state index is 3.67. The van der Waals surface area contributed by atoms with Crippen LogP contribution in [0.15, 0.2) is 60.7 Å². The van der Waals surface area contributed by atoms with Gasteiger partial charge in [0.15, 0.2) is 0 Å². The fourth-order valence-electron chi connectivity index (χ4n) is 2.71. The number of nitrogens with one attached hydrogen (secondary N) is 1. The highest BCUT2D eigenvalue weighted by molar-refractivity contribution is 5.25. The molecule has 2 aliphatic rings. The van der Waals surface area contributed by atoms with Gasteiger partial charge < -0.3 is 0 Å². The topological polar surface area (TPSA) is 18.0 Å². The van der Waals surface area contributed by atoms with E-state index in [0.717, 1.165) is 6.67 Å². The summed E-state index contributed by atoms with van der Waals surface area (Å²) >= 11 is 0. The Hall–Kier alpha value is -1.68. The van der Waals surface area contributed by atoms with E-state index in [-0.39, 0.29) is 0 Å². The number of fused-ring (bicyclic) bond motifs is 1. The van der Waals surface area contributed by atoms with E-state index in [9.17, 15) is 0 Å². The van der Waals surface area contributed by atoms with Crippen molar-refractivity contribution in [3.63, 3.8) is 0 Å². The van der Waals surface area contributed by atoms with Gasteiger partial charge in [-0.15, -0.1) is 0 Å². The van der Waals surface area contributed by atoms with Crippen molar-refractivity contribution >= 4 is 0 Å². The van der Waals surface area contributed by atoms with Crippen LogP contribution in [0.3, 0.4) is 0 Å². The lowest BCUT2D eigenvalue weighted by Crippen LogP contribution is -2.26. The molecule has 3 nitrogen and oxygen atoms in total. The zero-order valence-corrected chi connectivity index (χ0v) is 10.0. The van der Waals surface area contributed by atoms with Gasteiger partial charge in [0.05, 0.1) is 6.67 Å². The first-order chi connectivity index (χ1) is 8.93. The summed E-state index contributed by atoms with van der Waals surface area (Å²) < 4.78 is 0. The molecule has 2 aliphatic heterocycles. The van der Waals surface area contributed by atoms with Gasteiger partial charge in [-0.1, -0.05) is 60.7 Å². The molecule has 2 aromatic carbocycles. The number of nitrogens with zero attached hydrogens (tertiary/aromatic N) is 2. The van der Waals surface area contributed by atoms with E-state index in [1.807, 2.05) is 0 Å². The van der Waals surface area contributed by atoms with Crippen LogP contribution in [0.25, 0.3) is 0 Å². The highest BCUT2D eigenvalue weighted by Gasteiger charge is 2.50. The van der Waals surface area contributed by atoms with Gasteiger partial charge in [0.2, 0.25) is 0 Å². The maximum Gasteiger partial charge on any atom is 0.103 e. The average molecular weight is 237 g/mol. The molecule has 4 unspecified atom stereocenters. The second kappa shape index (κ2) is 3.92. The molecule has 0 bridgehead atoms. The first kappa shape index (κ1) is 10.3. The second-order valence-electron chi connectivity index (χ2n) is 4.81. The largest absolute Gasteiger partial charge is 0.276 e. The van der Waals surface area contributed by atoms with Crippen LogP contribution in [0.1, 0.15) is 23.5 Å². The van der Waals surface area contributed by atoms with Crippen LogP contribution in [-0.2, 0) is 0 Å². The highest BCUT2D eigenvalue weighted by Crippen LogP contribution is 2.43. The molecule has 2 fully saturated rings. The van der Waals surface area contributed by atoms with E-state index in [4.69, 9.17) is 0 Å². The van der Waals surface area contributed by atoms with Gasteiger partial charge in [-0.05, 0) is 11.1 Å². The molecular formula is C15H15N3. The fourth-order valence-corrected chi connectivity index (χ4v) is 2.71. The van der Waals surface area contributed by atoms with Crippen molar-refractivity contribution in [3.05, 3.63) is 71.8 Å². The molecule has 90 valence electrons. The van der Waals surface area contributed by atoms with E-state index < -0.39 is 0 Å². The van der Waals surface area contributed by atoms with Gasteiger partial charge in [-0.3, -0.25) is 5.32 Å². The van der Waals surface area contributed by atoms with Gasteiger partial charge in [0.25, 0.3) is 0 Å². The molecule has 0 amide bonds. The summed E-state index contributed by atoms with van der Waals surface area (Å²) in [5.41, 5.74) is 2.66. The molecule has 0 spiro atoms. The van der Waals surface area contributed by atoms with E-state index in [0.29, 0.717) is 12.3 Å². The summed E-state index contributed by atoms with van der Waals surface area (Å²) in [6, 6.07) is 21.2. The Morgan fingerprint density at radius 1 is 0.722 bits per heavy atom. The number of hydrazine groups is 1. The Balaban J connectivity index is 1.62. The van der Waals surface area contributed by atoms with Crippen molar-refractivity contribution in [2.24, 2.45) is 0 Å². The van der Waals surface area contributed by atoms with E-state index in [1.165, 1.54) is 11.1 Å². The van der Waals surface area contributed by atoms with Crippen molar-refractivity contribution in [3.8, 4) is 0 Å². The van der Waals surface area contributed by atoms with Crippen LogP contribution < -0.4 is 5.32 Å². The Morgan fingerprint density at radius 3 is 1.61 bits per heavy atom. The summed E-state index contributed by atoms with van der Waals surface area (Å²) in [6.45, 7) is 1.05. The van der Waals surface area contributed by atoms with E-state index >= 15 is 0 Å². The molecule has 3 heteroatoms. The minimum atomic E-state index is 0.316. The molecule has 1 N–H and O–H groups in total. The van der Waals surface area contributed by atoms with Gasteiger partial charge in [0, 0.05) is 0 Å². The van der Waals surface area contributed by atoms with Crippen LogP contribution in [0.4, 0.5) is 0 Å². The number of rotatable bonds is 2. The number of hydrogen-bond acceptors (Lipinski definition) is 3. The predicted octanol–water partition coefficient (Wildman–Crippen LogP) is 2.48. The van der Waals surface area contributed by atoms with E-state index in [1.54, 1.807) is 0 Å². The van der Waals surface area contributed by atoms with Crippen LogP contribution >= 0.6 is 0 Å². The Morgan fingerprint density at radius 2 is 1.17 bits per heavy atom. The summed E-state index contributed by atoms with van der Waals surface area (Å²) in [7, 11) is 0. The molecule has 4 rings (SSSR count). The summed E-state index contributed by atoms with van der Waals surface area (Å²) in [4.78, 5) is 0. The maximum absolute atomic E-state index is 3.67. The summed E-state index contributed by atoms with van der Waals surface area (Å²) in [6.07, 6.45) is 0.632. The molecule has 2 heterocycles. The monoisotopic (exact) mass is 237 g/mol. The van der Waals surface area contributed by atoms with Crippen LogP contribution in [0.5, 0.6) is 0 Å². The fraction of sp³-hybridized carbons (Fsp3) is 0.200. The van der Waals surface area contributed by atoms with Crippen LogP contribution in [0, 0.1) is 0 Å². The van der Waals surface area contributed by atoms with Gasteiger partial charge >= 0.3 is 0 Å². The van der Waals surface area contributed by atoms with Crippen molar-refractivity contribution < 1.29 is 0 Å². The SMILES string of the molecule is c1ccc(C2NC(c3ccccc3)N3CN23)cc1. The van der Waals surface area contributed by atoms with Crippen molar-refractivity contribution in [1.82, 2.24) is 15.3 Å². The van der Waals surface area contributed by atoms with Crippen molar-refractivity contribution in [2.75, 3.05) is 6.67 Å². The molecule has 0 aromatic heterocycles. The molecular weight excluding hydrogens is 222 g/mol. The molecule has 0 radical (unpaired) electrons. The van der Waals surface area contributed by atoms with Crippen LogP contribution in [-0.4, -0.2) is 16.7 Å². The normalized spacial score (nSPS) is 33.1. The van der Waals surface area contributed by atoms with Crippen LogP contribution in [0.2, 0.25) is 0 Å². The molecule has 2 saturated heterocycles. The van der Waals surface area contributed by atoms with Crippen molar-refractivity contribution in [2.45, 2.75) is 12.3 Å². The minimum Gasteiger partial charge on any atom is -0.276 e. The highest BCUT2D eigenvalue weighted by atomic mass is 15.9. The molecule has 4 atom stereocenters. The zero-order chi connectivity index (χ0) is 11.9. The van der Waals surface area contributed by atoms with Crippen molar-refractivity contribution in [1.29, 1.82) is 0 Å². The lowest BCUT2D eigenvalue weighted by atomic mass is 10.1. The second-order valence-corrected chi connectivity index (χ2v) is 4.81. The van der Waals surface area contributed by atoms with E-state index in [2.05, 4.69) is 76.0 Å². The van der Waals surface area contributed by atoms with Gasteiger partial charge in [-0.25, -0.2) is 10.0 Å². The number of hydrogen-bond donors (Lipinski definition) is 1. The predicted molar refractivity (Wildman–Crippen MR) is 70.0 cm³/mol. The number of benzene rings is 2. The Bertz CT molecular complexity index is 491. The first-order valence-electron chi connectivity index (χ1n) is 6.32. The van der Waals surface area contributed by atoms with Gasteiger partial charge in [-0.2, -0.15) is 0 Å². The first-order valence-corrected chi connectivity index (χ1v) is 6.32. The smallest absolute Gasteiger partial charge is 0.103 e. The summed E-state index contributed by atoms with van der Waals surface area (Å²) in [5.74, 6) is 0. The molecule has 2 aromatic rings. The lowest BCUT2D eigenvalue weighted by molar-refractivity contribution is 0.314. The average Bonchev–Trinajstić information content (AvgIpc) is 3.15. The Labute approximate surface area is 107 Å². The Kier molecular flexibility index (Phi) is 2.23. The molecule has 18 heavy (non-hydrogen) atoms. The lowest BCUT2D eigenvalue weighted by Gasteiger charge is -2.17. The quantitative estimate of drug-likeness (QED) is 0.809. The molecule has 0 aliphatic carbocycles. The summed E-state index contributed by atoms with van der Waals surface area (Å²) in [5, 5.41) is 8.41.